The van der Waals surface area contributed by atoms with E-state index in [0.717, 1.165) is 11.3 Å². The van der Waals surface area contributed by atoms with E-state index in [4.69, 9.17) is 0 Å². The quantitative estimate of drug-likeness (QED) is 0.865. The number of nitrogens with one attached hydrogen (secondary N) is 2. The highest BCUT2D eigenvalue weighted by molar-refractivity contribution is 5.74. The number of carbonyl (C=O) groups is 1. The summed E-state index contributed by atoms with van der Waals surface area (Å²) in [7, 11) is 1.60. The first kappa shape index (κ1) is 12.2. The minimum atomic E-state index is -0.188. The molecule has 2 aromatic rings. The summed E-state index contributed by atoms with van der Waals surface area (Å²) in [6.45, 7) is 1.94. The van der Waals surface area contributed by atoms with Crippen LogP contribution < -0.4 is 10.6 Å². The maximum Gasteiger partial charge on any atom is 0.315 e. The van der Waals surface area contributed by atoms with Crippen molar-refractivity contribution >= 4 is 6.03 Å². The molecule has 1 aromatic carbocycles. The van der Waals surface area contributed by atoms with Crippen LogP contribution in [0.2, 0.25) is 0 Å². The zero-order valence-electron chi connectivity index (χ0n) is 10.4. The first-order chi connectivity index (χ1) is 8.70. The lowest BCUT2D eigenvalue weighted by Gasteiger charge is -2.15. The maximum atomic E-state index is 11.3. The van der Waals surface area contributed by atoms with Crippen molar-refractivity contribution in [3.05, 3.63) is 48.3 Å². The van der Waals surface area contributed by atoms with Gasteiger partial charge in [-0.2, -0.15) is 5.10 Å². The molecule has 0 aliphatic carbocycles. The smallest absolute Gasteiger partial charge is 0.315 e. The van der Waals surface area contributed by atoms with Gasteiger partial charge >= 0.3 is 6.03 Å². The number of hydrogen-bond donors (Lipinski definition) is 2. The fourth-order valence-electron chi connectivity index (χ4n) is 1.71. The summed E-state index contributed by atoms with van der Waals surface area (Å²) < 4.78 is 1.79. The monoisotopic (exact) mass is 244 g/mol. The molecular weight excluding hydrogens is 228 g/mol. The van der Waals surface area contributed by atoms with Crippen LogP contribution in [0.3, 0.4) is 0 Å². The minimum absolute atomic E-state index is 0.0551. The molecule has 0 radical (unpaired) electrons. The molecule has 18 heavy (non-hydrogen) atoms. The number of hydrogen-bond acceptors (Lipinski definition) is 2. The van der Waals surface area contributed by atoms with Gasteiger partial charge in [-0.3, -0.25) is 0 Å². The van der Waals surface area contributed by atoms with E-state index in [2.05, 4.69) is 15.7 Å². The molecule has 0 saturated carbocycles. The van der Waals surface area contributed by atoms with Gasteiger partial charge in [0.2, 0.25) is 0 Å². The molecule has 2 rings (SSSR count). The van der Waals surface area contributed by atoms with E-state index in [1.54, 1.807) is 17.9 Å². The third kappa shape index (κ3) is 2.68. The van der Waals surface area contributed by atoms with Crippen molar-refractivity contribution in [2.24, 2.45) is 0 Å². The van der Waals surface area contributed by atoms with Crippen molar-refractivity contribution in [1.82, 2.24) is 20.4 Å². The highest BCUT2D eigenvalue weighted by Gasteiger charge is 2.08. The number of carbonyl (C=O) groups excluding carboxylic acids is 1. The van der Waals surface area contributed by atoms with Crippen LogP contribution in [0.1, 0.15) is 18.5 Å². The molecule has 0 aliphatic heterocycles. The molecule has 1 unspecified atom stereocenters. The van der Waals surface area contributed by atoms with Crippen LogP contribution in [0, 0.1) is 0 Å². The summed E-state index contributed by atoms with van der Waals surface area (Å²) in [6, 6.07) is 9.55. The van der Waals surface area contributed by atoms with Crippen LogP contribution in [0.5, 0.6) is 0 Å². The molecule has 5 nitrogen and oxygen atoms in total. The number of rotatable bonds is 3. The number of urea groups is 1. The molecule has 1 atom stereocenters. The molecule has 0 aliphatic rings. The lowest BCUT2D eigenvalue weighted by Crippen LogP contribution is -2.34. The summed E-state index contributed by atoms with van der Waals surface area (Å²) in [4.78, 5) is 11.3. The number of nitrogens with zero attached hydrogens (tertiary/aromatic N) is 2. The number of aromatic nitrogens is 2. The van der Waals surface area contributed by atoms with Gasteiger partial charge in [0.1, 0.15) is 0 Å². The predicted molar refractivity (Wildman–Crippen MR) is 69.6 cm³/mol. The Balaban J connectivity index is 2.19. The van der Waals surface area contributed by atoms with Gasteiger partial charge in [0, 0.05) is 19.4 Å². The molecule has 1 heterocycles. The molecule has 94 valence electrons. The standard InChI is InChI=1S/C13H16N4O/c1-10(16-13(18)14-2)11-5-3-6-12(9-11)17-8-4-7-15-17/h3-10H,1-2H3,(H2,14,16,18). The van der Waals surface area contributed by atoms with Crippen molar-refractivity contribution in [3.8, 4) is 5.69 Å². The van der Waals surface area contributed by atoms with Gasteiger partial charge in [0.05, 0.1) is 11.7 Å². The van der Waals surface area contributed by atoms with Crippen LogP contribution in [0.4, 0.5) is 4.79 Å². The Labute approximate surface area is 106 Å². The van der Waals surface area contributed by atoms with E-state index in [1.807, 2.05) is 43.5 Å². The molecule has 0 bridgehead atoms. The first-order valence-electron chi connectivity index (χ1n) is 5.79. The topological polar surface area (TPSA) is 59.0 Å². The van der Waals surface area contributed by atoms with E-state index in [0.29, 0.717) is 0 Å². The van der Waals surface area contributed by atoms with Crippen LogP contribution in [-0.2, 0) is 0 Å². The van der Waals surface area contributed by atoms with Gasteiger partial charge < -0.3 is 10.6 Å². The second-order valence-corrected chi connectivity index (χ2v) is 3.99. The third-order valence-corrected chi connectivity index (χ3v) is 2.71. The van der Waals surface area contributed by atoms with Crippen molar-refractivity contribution in [2.75, 3.05) is 7.05 Å². The van der Waals surface area contributed by atoms with E-state index >= 15 is 0 Å². The summed E-state index contributed by atoms with van der Waals surface area (Å²) in [5, 5.41) is 9.56. The Hall–Kier alpha value is -2.30. The summed E-state index contributed by atoms with van der Waals surface area (Å²) >= 11 is 0. The van der Waals surface area contributed by atoms with Gasteiger partial charge in [0.15, 0.2) is 0 Å². The summed E-state index contributed by atoms with van der Waals surface area (Å²) in [5.74, 6) is 0. The average Bonchev–Trinajstić information content (AvgIpc) is 2.92. The van der Waals surface area contributed by atoms with Gasteiger partial charge in [-0.15, -0.1) is 0 Å². The highest BCUT2D eigenvalue weighted by Crippen LogP contribution is 2.16. The van der Waals surface area contributed by atoms with E-state index < -0.39 is 0 Å². The lowest BCUT2D eigenvalue weighted by molar-refractivity contribution is 0.240. The average molecular weight is 244 g/mol. The third-order valence-electron chi connectivity index (χ3n) is 2.71. The Kier molecular flexibility index (Phi) is 3.62. The maximum absolute atomic E-state index is 11.3. The molecule has 1 aromatic heterocycles. The molecular formula is C13H16N4O. The second-order valence-electron chi connectivity index (χ2n) is 3.99. The molecule has 2 amide bonds. The zero-order chi connectivity index (χ0) is 13.0. The fourth-order valence-corrected chi connectivity index (χ4v) is 1.71. The van der Waals surface area contributed by atoms with E-state index in [9.17, 15) is 4.79 Å². The van der Waals surface area contributed by atoms with Gasteiger partial charge in [-0.05, 0) is 30.7 Å². The Bertz CT molecular complexity index is 522. The predicted octanol–water partition coefficient (Wildman–Crippen LogP) is 1.86. The number of benzene rings is 1. The van der Waals surface area contributed by atoms with Gasteiger partial charge in [0.25, 0.3) is 0 Å². The van der Waals surface area contributed by atoms with Crippen molar-refractivity contribution in [2.45, 2.75) is 13.0 Å². The van der Waals surface area contributed by atoms with Gasteiger partial charge in [-0.1, -0.05) is 12.1 Å². The fraction of sp³-hybridized carbons (Fsp3) is 0.231. The Morgan fingerprint density at radius 3 is 2.89 bits per heavy atom. The van der Waals surface area contributed by atoms with Crippen LogP contribution in [-0.4, -0.2) is 22.9 Å². The van der Waals surface area contributed by atoms with Gasteiger partial charge in [-0.25, -0.2) is 9.48 Å². The van der Waals surface area contributed by atoms with E-state index in [-0.39, 0.29) is 12.1 Å². The van der Waals surface area contributed by atoms with Crippen LogP contribution in [0.15, 0.2) is 42.7 Å². The second kappa shape index (κ2) is 5.35. The van der Waals surface area contributed by atoms with Crippen molar-refractivity contribution in [3.63, 3.8) is 0 Å². The SMILES string of the molecule is CNC(=O)NC(C)c1cccc(-n2cccn2)c1. The van der Waals surface area contributed by atoms with Crippen LogP contribution >= 0.6 is 0 Å². The summed E-state index contributed by atoms with van der Waals surface area (Å²) in [5.41, 5.74) is 2.01. The molecule has 5 heteroatoms. The molecule has 2 N–H and O–H groups in total. The molecule has 0 saturated heterocycles. The van der Waals surface area contributed by atoms with Crippen LogP contribution in [0.25, 0.3) is 5.69 Å². The zero-order valence-corrected chi connectivity index (χ0v) is 10.4. The van der Waals surface area contributed by atoms with E-state index in [1.165, 1.54) is 0 Å². The molecule has 0 fully saturated rings. The first-order valence-corrected chi connectivity index (χ1v) is 5.79. The Morgan fingerprint density at radius 2 is 2.22 bits per heavy atom. The Morgan fingerprint density at radius 1 is 1.39 bits per heavy atom. The largest absolute Gasteiger partial charge is 0.341 e. The molecule has 0 spiro atoms. The highest BCUT2D eigenvalue weighted by atomic mass is 16.2. The lowest BCUT2D eigenvalue weighted by atomic mass is 10.1. The number of amides is 2. The minimum Gasteiger partial charge on any atom is -0.341 e. The van der Waals surface area contributed by atoms with Crippen molar-refractivity contribution in [1.29, 1.82) is 0 Å². The summed E-state index contributed by atoms with van der Waals surface area (Å²) in [6.07, 6.45) is 3.62. The van der Waals surface area contributed by atoms with Crippen molar-refractivity contribution < 1.29 is 4.79 Å². The normalized spacial score (nSPS) is 11.9.